The molecule has 0 fully saturated rings. The van der Waals surface area contributed by atoms with Crippen LogP contribution < -0.4 is 5.32 Å². The summed E-state index contributed by atoms with van der Waals surface area (Å²) in [6.07, 6.45) is 3.01. The summed E-state index contributed by atoms with van der Waals surface area (Å²) in [4.78, 5) is 16.8. The largest absolute Gasteiger partial charge is 0.347 e. The number of thiophene rings is 1. The Bertz CT molecular complexity index is 544. The number of carbonyl (C=O) groups excluding carboxylic acids is 1. The van der Waals surface area contributed by atoms with Gasteiger partial charge in [0.15, 0.2) is 0 Å². The first-order chi connectivity index (χ1) is 8.18. The summed E-state index contributed by atoms with van der Waals surface area (Å²) in [5, 5.41) is 5.17. The number of aromatic nitrogens is 1. The van der Waals surface area contributed by atoms with Crippen molar-refractivity contribution in [3.63, 3.8) is 0 Å². The van der Waals surface area contributed by atoms with E-state index in [0.29, 0.717) is 17.1 Å². The third kappa shape index (κ3) is 3.06. The Morgan fingerprint density at radius 2 is 2.35 bits per heavy atom. The second-order valence-corrected chi connectivity index (χ2v) is 5.49. The number of pyridine rings is 1. The van der Waals surface area contributed by atoms with Gasteiger partial charge in [-0.3, -0.25) is 9.78 Å². The van der Waals surface area contributed by atoms with Crippen molar-refractivity contribution in [2.45, 2.75) is 6.54 Å². The van der Waals surface area contributed by atoms with E-state index in [1.165, 1.54) is 6.20 Å². The lowest BCUT2D eigenvalue weighted by atomic mass is 10.2. The van der Waals surface area contributed by atoms with Gasteiger partial charge in [0.1, 0.15) is 0 Å². The molecule has 88 valence electrons. The zero-order chi connectivity index (χ0) is 12.3. The van der Waals surface area contributed by atoms with Gasteiger partial charge in [-0.1, -0.05) is 11.6 Å². The highest BCUT2D eigenvalue weighted by atomic mass is 79.9. The minimum absolute atomic E-state index is 0.219. The molecule has 2 aromatic rings. The smallest absolute Gasteiger partial charge is 0.254 e. The highest BCUT2D eigenvalue weighted by Crippen LogP contribution is 2.22. The van der Waals surface area contributed by atoms with Gasteiger partial charge in [-0.05, 0) is 33.4 Å². The normalized spacial score (nSPS) is 10.2. The van der Waals surface area contributed by atoms with E-state index in [2.05, 4.69) is 26.2 Å². The van der Waals surface area contributed by atoms with Crippen molar-refractivity contribution in [1.82, 2.24) is 10.3 Å². The number of carbonyl (C=O) groups is 1. The zero-order valence-electron chi connectivity index (χ0n) is 8.61. The van der Waals surface area contributed by atoms with Gasteiger partial charge in [-0.2, -0.15) is 0 Å². The Balaban J connectivity index is 2.04. The van der Waals surface area contributed by atoms with Crippen molar-refractivity contribution in [2.24, 2.45) is 0 Å². The van der Waals surface area contributed by atoms with Gasteiger partial charge in [0.05, 0.1) is 17.1 Å². The molecular weight excluding hydrogens is 324 g/mol. The van der Waals surface area contributed by atoms with Crippen LogP contribution in [-0.4, -0.2) is 10.9 Å². The number of nitrogens with zero attached hydrogens (tertiary/aromatic N) is 1. The van der Waals surface area contributed by atoms with Crippen molar-refractivity contribution in [3.8, 4) is 0 Å². The molecule has 0 aromatic carbocycles. The molecule has 0 aliphatic heterocycles. The molecule has 0 bridgehead atoms. The number of hydrogen-bond donors (Lipinski definition) is 1. The van der Waals surface area contributed by atoms with Gasteiger partial charge < -0.3 is 5.32 Å². The van der Waals surface area contributed by atoms with Crippen LogP contribution in [0.3, 0.4) is 0 Å². The zero-order valence-corrected chi connectivity index (χ0v) is 11.8. The predicted molar refractivity (Wildman–Crippen MR) is 72.4 cm³/mol. The maximum atomic E-state index is 11.8. The van der Waals surface area contributed by atoms with E-state index in [1.54, 1.807) is 23.6 Å². The molecule has 0 saturated heterocycles. The third-order valence-electron chi connectivity index (χ3n) is 2.11. The Hall–Kier alpha value is -0.910. The molecule has 17 heavy (non-hydrogen) atoms. The van der Waals surface area contributed by atoms with E-state index in [0.717, 1.165) is 9.35 Å². The molecule has 0 atom stereocenters. The fourth-order valence-electron chi connectivity index (χ4n) is 1.25. The van der Waals surface area contributed by atoms with Crippen LogP contribution >= 0.6 is 38.9 Å². The van der Waals surface area contributed by atoms with Crippen molar-refractivity contribution < 1.29 is 4.79 Å². The molecule has 0 aliphatic rings. The van der Waals surface area contributed by atoms with Crippen LogP contribution in [0.2, 0.25) is 5.02 Å². The van der Waals surface area contributed by atoms with Crippen LogP contribution in [0.15, 0.2) is 34.4 Å². The number of nitrogens with one attached hydrogen (secondary N) is 1. The summed E-state index contributed by atoms with van der Waals surface area (Å²) in [7, 11) is 0. The number of halogens is 2. The first kappa shape index (κ1) is 12.5. The summed E-state index contributed by atoms with van der Waals surface area (Å²) in [5.74, 6) is -0.219. The van der Waals surface area contributed by atoms with Crippen LogP contribution in [-0.2, 0) is 6.54 Å². The monoisotopic (exact) mass is 330 g/mol. The molecule has 2 aromatic heterocycles. The van der Waals surface area contributed by atoms with Crippen LogP contribution in [0, 0.1) is 0 Å². The van der Waals surface area contributed by atoms with E-state index >= 15 is 0 Å². The van der Waals surface area contributed by atoms with Crippen molar-refractivity contribution in [3.05, 3.63) is 49.8 Å². The van der Waals surface area contributed by atoms with E-state index in [4.69, 9.17) is 11.6 Å². The molecule has 0 aliphatic carbocycles. The molecule has 1 amide bonds. The predicted octanol–water partition coefficient (Wildman–Crippen LogP) is 3.49. The number of rotatable bonds is 3. The molecule has 1 N–H and O–H groups in total. The van der Waals surface area contributed by atoms with Crippen LogP contribution in [0.1, 0.15) is 15.2 Å². The molecule has 3 nitrogen and oxygen atoms in total. The lowest BCUT2D eigenvalue weighted by Crippen LogP contribution is -2.22. The summed E-state index contributed by atoms with van der Waals surface area (Å²) >= 11 is 10.9. The van der Waals surface area contributed by atoms with Gasteiger partial charge in [-0.25, -0.2) is 0 Å². The maximum absolute atomic E-state index is 11.8. The SMILES string of the molecule is O=C(NCc1sccc1Br)c1cnccc1Cl. The summed E-state index contributed by atoms with van der Waals surface area (Å²) in [6, 6.07) is 3.54. The van der Waals surface area contributed by atoms with E-state index in [9.17, 15) is 4.79 Å². The van der Waals surface area contributed by atoms with Gasteiger partial charge in [0, 0.05) is 21.7 Å². The fourth-order valence-corrected chi connectivity index (χ4v) is 2.87. The Labute approximate surface area is 116 Å². The van der Waals surface area contributed by atoms with Gasteiger partial charge in [0.25, 0.3) is 5.91 Å². The Morgan fingerprint density at radius 3 is 3.00 bits per heavy atom. The fraction of sp³-hybridized carbons (Fsp3) is 0.0909. The van der Waals surface area contributed by atoms with E-state index in [-0.39, 0.29) is 5.91 Å². The highest BCUT2D eigenvalue weighted by Gasteiger charge is 2.10. The van der Waals surface area contributed by atoms with Crippen molar-refractivity contribution in [1.29, 1.82) is 0 Å². The first-order valence-corrected chi connectivity index (χ1v) is 6.83. The average Bonchev–Trinajstić information content (AvgIpc) is 2.72. The van der Waals surface area contributed by atoms with Gasteiger partial charge >= 0.3 is 0 Å². The second-order valence-electron chi connectivity index (χ2n) is 3.23. The molecule has 0 saturated carbocycles. The summed E-state index contributed by atoms with van der Waals surface area (Å²) < 4.78 is 1.00. The second kappa shape index (κ2) is 5.62. The number of amides is 1. The topological polar surface area (TPSA) is 42.0 Å². The third-order valence-corrected chi connectivity index (χ3v) is 4.37. The lowest BCUT2D eigenvalue weighted by Gasteiger charge is -2.05. The molecule has 0 spiro atoms. The molecular formula is C11H8BrClN2OS. The van der Waals surface area contributed by atoms with Gasteiger partial charge in [-0.15, -0.1) is 11.3 Å². The standard InChI is InChI=1S/C11H8BrClN2OS/c12-8-2-4-17-10(8)6-15-11(16)7-5-14-3-1-9(7)13/h1-5H,6H2,(H,15,16). The van der Waals surface area contributed by atoms with Crippen LogP contribution in [0.4, 0.5) is 0 Å². The Morgan fingerprint density at radius 1 is 1.53 bits per heavy atom. The summed E-state index contributed by atoms with van der Waals surface area (Å²) in [6.45, 7) is 0.475. The molecule has 0 unspecified atom stereocenters. The molecule has 6 heteroatoms. The Kier molecular flexibility index (Phi) is 4.15. The minimum Gasteiger partial charge on any atom is -0.347 e. The average molecular weight is 332 g/mol. The van der Waals surface area contributed by atoms with E-state index < -0.39 is 0 Å². The first-order valence-electron chi connectivity index (χ1n) is 4.78. The highest BCUT2D eigenvalue weighted by molar-refractivity contribution is 9.10. The quantitative estimate of drug-likeness (QED) is 0.935. The summed E-state index contributed by atoms with van der Waals surface area (Å²) in [5.41, 5.74) is 0.391. The molecule has 0 radical (unpaired) electrons. The minimum atomic E-state index is -0.219. The lowest BCUT2D eigenvalue weighted by molar-refractivity contribution is 0.0951. The van der Waals surface area contributed by atoms with Crippen LogP contribution in [0.5, 0.6) is 0 Å². The maximum Gasteiger partial charge on any atom is 0.254 e. The van der Waals surface area contributed by atoms with Crippen molar-refractivity contribution in [2.75, 3.05) is 0 Å². The molecule has 2 heterocycles. The van der Waals surface area contributed by atoms with Crippen LogP contribution in [0.25, 0.3) is 0 Å². The van der Waals surface area contributed by atoms with Gasteiger partial charge in [0.2, 0.25) is 0 Å². The number of hydrogen-bond acceptors (Lipinski definition) is 3. The molecule has 2 rings (SSSR count). The van der Waals surface area contributed by atoms with E-state index in [1.807, 2.05) is 11.4 Å². The van der Waals surface area contributed by atoms with Crippen molar-refractivity contribution >= 4 is 44.8 Å².